The molecule has 2 rings (SSSR count). The average molecular weight is 285 g/mol. The molecule has 0 aliphatic heterocycles. The Labute approximate surface area is 121 Å². The fourth-order valence-corrected chi connectivity index (χ4v) is 1.93. The van der Waals surface area contributed by atoms with Crippen molar-refractivity contribution >= 4 is 11.9 Å². The molecular formula is C15H15N3O3. The molecule has 2 aromatic rings. The van der Waals surface area contributed by atoms with Gasteiger partial charge in [-0.05, 0) is 12.0 Å². The number of aliphatic carboxylic acids is 1. The zero-order valence-corrected chi connectivity index (χ0v) is 11.3. The van der Waals surface area contributed by atoms with E-state index in [0.717, 1.165) is 5.56 Å². The van der Waals surface area contributed by atoms with Crippen molar-refractivity contribution in [1.82, 2.24) is 15.3 Å². The Morgan fingerprint density at radius 2 is 1.81 bits per heavy atom. The highest BCUT2D eigenvalue weighted by Crippen LogP contribution is 2.18. The van der Waals surface area contributed by atoms with Gasteiger partial charge >= 0.3 is 5.97 Å². The molecule has 0 saturated carbocycles. The number of carbonyl (C=O) groups excluding carboxylic acids is 1. The molecule has 1 amide bonds. The minimum absolute atomic E-state index is 0.0227. The Hall–Kier alpha value is -2.76. The van der Waals surface area contributed by atoms with Crippen molar-refractivity contribution in [3.8, 4) is 0 Å². The molecule has 6 nitrogen and oxygen atoms in total. The van der Waals surface area contributed by atoms with E-state index in [9.17, 15) is 9.59 Å². The van der Waals surface area contributed by atoms with Gasteiger partial charge in [0.05, 0.1) is 11.6 Å². The third kappa shape index (κ3) is 4.38. The summed E-state index contributed by atoms with van der Waals surface area (Å²) < 4.78 is 0. The molecule has 0 aliphatic carbocycles. The number of hydrogen-bond donors (Lipinski definition) is 2. The third-order valence-corrected chi connectivity index (χ3v) is 2.98. The van der Waals surface area contributed by atoms with Crippen LogP contribution in [0.4, 0.5) is 0 Å². The van der Waals surface area contributed by atoms with E-state index in [2.05, 4.69) is 15.3 Å². The quantitative estimate of drug-likeness (QED) is 0.844. The van der Waals surface area contributed by atoms with Gasteiger partial charge in [0.25, 0.3) is 5.91 Å². The van der Waals surface area contributed by atoms with E-state index >= 15 is 0 Å². The van der Waals surface area contributed by atoms with Gasteiger partial charge in [-0.15, -0.1) is 0 Å². The molecule has 0 bridgehead atoms. The molecule has 2 N–H and O–H groups in total. The van der Waals surface area contributed by atoms with Gasteiger partial charge in [0.2, 0.25) is 0 Å². The van der Waals surface area contributed by atoms with E-state index in [1.54, 1.807) is 0 Å². The summed E-state index contributed by atoms with van der Waals surface area (Å²) in [5.41, 5.74) is 1.21. The lowest BCUT2D eigenvalue weighted by atomic mass is 10.0. The number of benzene rings is 1. The molecule has 21 heavy (non-hydrogen) atoms. The van der Waals surface area contributed by atoms with E-state index in [1.165, 1.54) is 18.7 Å². The number of hydrogen-bond acceptors (Lipinski definition) is 4. The summed E-state index contributed by atoms with van der Waals surface area (Å²) in [5.74, 6) is -1.22. The molecule has 1 aromatic carbocycles. The molecule has 0 spiro atoms. The van der Waals surface area contributed by atoms with E-state index in [4.69, 9.17) is 5.11 Å². The number of nitrogens with one attached hydrogen (secondary N) is 1. The Kier molecular flexibility index (Phi) is 4.98. The molecule has 1 aromatic heterocycles. The van der Waals surface area contributed by atoms with E-state index in [1.807, 2.05) is 30.3 Å². The Morgan fingerprint density at radius 3 is 2.43 bits per heavy atom. The fraction of sp³-hybridized carbons (Fsp3) is 0.200. The zero-order valence-electron chi connectivity index (χ0n) is 11.3. The van der Waals surface area contributed by atoms with Crippen molar-refractivity contribution in [3.05, 3.63) is 60.2 Å². The highest BCUT2D eigenvalue weighted by molar-refractivity contribution is 5.93. The van der Waals surface area contributed by atoms with E-state index in [-0.39, 0.29) is 18.4 Å². The van der Waals surface area contributed by atoms with Crippen molar-refractivity contribution < 1.29 is 14.7 Å². The summed E-state index contributed by atoms with van der Waals surface area (Å²) in [6, 6.07) is 8.91. The molecule has 0 fully saturated rings. The standard InChI is InChI=1S/C15H15N3O3/c19-14(20)7-6-13(11-4-2-1-3-5-11)18-15(21)12-8-16-10-17-9-12/h1-5,8-10,13H,6-7H2,(H,18,21)(H,19,20). The van der Waals surface area contributed by atoms with Crippen LogP contribution in [0.15, 0.2) is 49.1 Å². The number of amides is 1. The van der Waals surface area contributed by atoms with Gasteiger partial charge < -0.3 is 10.4 Å². The van der Waals surface area contributed by atoms with E-state index in [0.29, 0.717) is 12.0 Å². The lowest BCUT2D eigenvalue weighted by Crippen LogP contribution is -2.29. The smallest absolute Gasteiger partial charge is 0.303 e. The van der Waals surface area contributed by atoms with Crippen LogP contribution in [-0.4, -0.2) is 27.0 Å². The van der Waals surface area contributed by atoms with Crippen LogP contribution in [0.5, 0.6) is 0 Å². The molecule has 6 heteroatoms. The SMILES string of the molecule is O=C(O)CCC(NC(=O)c1cncnc1)c1ccccc1. The Balaban J connectivity index is 2.12. The second-order valence-corrected chi connectivity index (χ2v) is 4.50. The molecule has 0 aliphatic rings. The normalized spacial score (nSPS) is 11.6. The molecular weight excluding hydrogens is 270 g/mol. The van der Waals surface area contributed by atoms with Gasteiger partial charge in [-0.2, -0.15) is 0 Å². The topological polar surface area (TPSA) is 92.2 Å². The zero-order chi connectivity index (χ0) is 15.1. The molecule has 1 atom stereocenters. The Bertz CT molecular complexity index is 602. The number of aromatic nitrogens is 2. The second kappa shape index (κ2) is 7.14. The first kappa shape index (κ1) is 14.6. The minimum Gasteiger partial charge on any atom is -0.481 e. The number of carbonyl (C=O) groups is 2. The lowest BCUT2D eigenvalue weighted by molar-refractivity contribution is -0.137. The van der Waals surface area contributed by atoms with Crippen LogP contribution in [-0.2, 0) is 4.79 Å². The highest BCUT2D eigenvalue weighted by Gasteiger charge is 2.17. The largest absolute Gasteiger partial charge is 0.481 e. The average Bonchev–Trinajstić information content (AvgIpc) is 2.52. The van der Waals surface area contributed by atoms with Crippen molar-refractivity contribution in [2.45, 2.75) is 18.9 Å². The second-order valence-electron chi connectivity index (χ2n) is 4.50. The highest BCUT2D eigenvalue weighted by atomic mass is 16.4. The van der Waals surface area contributed by atoms with Crippen LogP contribution < -0.4 is 5.32 Å². The molecule has 108 valence electrons. The van der Waals surface area contributed by atoms with Gasteiger partial charge in [-0.25, -0.2) is 9.97 Å². The van der Waals surface area contributed by atoms with Crippen LogP contribution in [0, 0.1) is 0 Å². The van der Waals surface area contributed by atoms with Gasteiger partial charge in [-0.3, -0.25) is 9.59 Å². The fourth-order valence-electron chi connectivity index (χ4n) is 1.93. The number of carboxylic acids is 1. The van der Waals surface area contributed by atoms with Gasteiger partial charge in [0.1, 0.15) is 6.33 Å². The maximum absolute atomic E-state index is 12.1. The predicted octanol–water partition coefficient (Wildman–Crippen LogP) is 1.81. The van der Waals surface area contributed by atoms with Crippen molar-refractivity contribution in [1.29, 1.82) is 0 Å². The maximum Gasteiger partial charge on any atom is 0.303 e. The van der Waals surface area contributed by atoms with Gasteiger partial charge in [0.15, 0.2) is 0 Å². The summed E-state index contributed by atoms with van der Waals surface area (Å²) in [6.45, 7) is 0. The van der Waals surface area contributed by atoms with Crippen molar-refractivity contribution in [3.63, 3.8) is 0 Å². The molecule has 1 unspecified atom stereocenters. The van der Waals surface area contributed by atoms with Gasteiger partial charge in [-0.1, -0.05) is 30.3 Å². The number of nitrogens with zero attached hydrogens (tertiary/aromatic N) is 2. The first-order valence-electron chi connectivity index (χ1n) is 6.49. The summed E-state index contributed by atoms with van der Waals surface area (Å²) in [6.07, 6.45) is 4.48. The van der Waals surface area contributed by atoms with Gasteiger partial charge in [0, 0.05) is 18.8 Å². The Morgan fingerprint density at radius 1 is 1.14 bits per heavy atom. The van der Waals surface area contributed by atoms with Crippen molar-refractivity contribution in [2.75, 3.05) is 0 Å². The van der Waals surface area contributed by atoms with Crippen LogP contribution in [0.3, 0.4) is 0 Å². The minimum atomic E-state index is -0.895. The number of rotatable bonds is 6. The first-order valence-corrected chi connectivity index (χ1v) is 6.49. The maximum atomic E-state index is 12.1. The summed E-state index contributed by atoms with van der Waals surface area (Å²) >= 11 is 0. The van der Waals surface area contributed by atoms with E-state index < -0.39 is 5.97 Å². The van der Waals surface area contributed by atoms with Crippen LogP contribution in [0.2, 0.25) is 0 Å². The lowest BCUT2D eigenvalue weighted by Gasteiger charge is -2.18. The van der Waals surface area contributed by atoms with Crippen LogP contribution >= 0.6 is 0 Å². The molecule has 1 heterocycles. The molecule has 0 radical (unpaired) electrons. The molecule has 0 saturated heterocycles. The van der Waals surface area contributed by atoms with Crippen molar-refractivity contribution in [2.24, 2.45) is 0 Å². The summed E-state index contributed by atoms with van der Waals surface area (Å²) in [7, 11) is 0. The summed E-state index contributed by atoms with van der Waals surface area (Å²) in [4.78, 5) is 30.5. The summed E-state index contributed by atoms with van der Waals surface area (Å²) in [5, 5.41) is 11.7. The predicted molar refractivity (Wildman–Crippen MR) is 75.6 cm³/mol. The van der Waals surface area contributed by atoms with Crippen LogP contribution in [0.25, 0.3) is 0 Å². The number of carboxylic acid groups (broad SMARTS) is 1. The first-order chi connectivity index (χ1) is 10.2. The third-order valence-electron chi connectivity index (χ3n) is 2.98. The monoisotopic (exact) mass is 285 g/mol. The van der Waals surface area contributed by atoms with Crippen LogP contribution in [0.1, 0.15) is 34.8 Å².